The molecule has 1 amide bonds. The molecule has 0 atom stereocenters. The van der Waals surface area contributed by atoms with Gasteiger partial charge < -0.3 is 10.0 Å². The standard InChI is InChI=1S/C15H17NO3S/c17-13(18)6-3-11-7-8-20-14(11)15(19)16(12-4-5-12)9-10-1-2-10/h3,6-8,10,12H,1-2,4-5,9H2,(H,17,18). The van der Waals surface area contributed by atoms with Crippen molar-refractivity contribution in [2.45, 2.75) is 31.7 Å². The lowest BCUT2D eigenvalue weighted by atomic mass is 10.2. The van der Waals surface area contributed by atoms with Gasteiger partial charge in [-0.05, 0) is 54.7 Å². The Morgan fingerprint density at radius 3 is 2.70 bits per heavy atom. The number of thiophene rings is 1. The fourth-order valence-corrected chi connectivity index (χ4v) is 3.12. The second-order valence-corrected chi connectivity index (χ2v) is 6.42. The number of hydrogen-bond donors (Lipinski definition) is 1. The number of carboxylic acid groups (broad SMARTS) is 1. The molecule has 3 rings (SSSR count). The molecule has 106 valence electrons. The second kappa shape index (κ2) is 5.40. The zero-order valence-electron chi connectivity index (χ0n) is 11.1. The van der Waals surface area contributed by atoms with E-state index in [-0.39, 0.29) is 5.91 Å². The first-order valence-corrected chi connectivity index (χ1v) is 7.82. The summed E-state index contributed by atoms with van der Waals surface area (Å²) in [4.78, 5) is 25.9. The minimum atomic E-state index is -0.994. The van der Waals surface area contributed by atoms with Gasteiger partial charge >= 0.3 is 5.97 Å². The minimum Gasteiger partial charge on any atom is -0.478 e. The molecule has 0 aliphatic heterocycles. The topological polar surface area (TPSA) is 57.6 Å². The Balaban J connectivity index is 1.78. The van der Waals surface area contributed by atoms with Gasteiger partial charge in [-0.2, -0.15) is 0 Å². The number of carbonyl (C=O) groups is 2. The van der Waals surface area contributed by atoms with Crippen LogP contribution in [-0.4, -0.2) is 34.5 Å². The third-order valence-corrected chi connectivity index (χ3v) is 4.61. The predicted octanol–water partition coefficient (Wildman–Crippen LogP) is 2.86. The summed E-state index contributed by atoms with van der Waals surface area (Å²) in [6.07, 6.45) is 7.25. The fraction of sp³-hybridized carbons (Fsp3) is 0.467. The summed E-state index contributed by atoms with van der Waals surface area (Å²) in [5.74, 6) is -0.247. The maximum Gasteiger partial charge on any atom is 0.328 e. The fourth-order valence-electron chi connectivity index (χ4n) is 2.28. The minimum absolute atomic E-state index is 0.0689. The number of amides is 1. The van der Waals surface area contributed by atoms with Crippen LogP contribution in [0.4, 0.5) is 0 Å². The number of aliphatic carboxylic acids is 1. The van der Waals surface area contributed by atoms with E-state index in [1.165, 1.54) is 30.3 Å². The van der Waals surface area contributed by atoms with E-state index >= 15 is 0 Å². The van der Waals surface area contributed by atoms with Gasteiger partial charge in [0.1, 0.15) is 0 Å². The van der Waals surface area contributed by atoms with Gasteiger partial charge in [0.15, 0.2) is 0 Å². The summed E-state index contributed by atoms with van der Waals surface area (Å²) in [6, 6.07) is 2.21. The molecule has 0 radical (unpaired) electrons. The summed E-state index contributed by atoms with van der Waals surface area (Å²) in [7, 11) is 0. The molecule has 20 heavy (non-hydrogen) atoms. The van der Waals surface area contributed by atoms with E-state index in [2.05, 4.69) is 0 Å². The third kappa shape index (κ3) is 3.10. The van der Waals surface area contributed by atoms with Gasteiger partial charge in [0.2, 0.25) is 0 Å². The highest BCUT2D eigenvalue weighted by Gasteiger charge is 2.37. The molecule has 0 unspecified atom stereocenters. The summed E-state index contributed by atoms with van der Waals surface area (Å²) in [5, 5.41) is 10.5. The van der Waals surface area contributed by atoms with Crippen LogP contribution in [-0.2, 0) is 4.79 Å². The number of carbonyl (C=O) groups excluding carboxylic acids is 1. The first kappa shape index (κ1) is 13.4. The highest BCUT2D eigenvalue weighted by atomic mass is 32.1. The summed E-state index contributed by atoms with van der Waals surface area (Å²) in [6.45, 7) is 0.865. The zero-order valence-corrected chi connectivity index (χ0v) is 11.9. The highest BCUT2D eigenvalue weighted by Crippen LogP contribution is 2.36. The number of rotatable bonds is 6. The Labute approximate surface area is 121 Å². The van der Waals surface area contributed by atoms with Crippen LogP contribution in [0.5, 0.6) is 0 Å². The van der Waals surface area contributed by atoms with E-state index in [1.54, 1.807) is 6.07 Å². The Kier molecular flexibility index (Phi) is 3.61. The smallest absolute Gasteiger partial charge is 0.328 e. The molecule has 1 aromatic heterocycles. The highest BCUT2D eigenvalue weighted by molar-refractivity contribution is 7.12. The van der Waals surface area contributed by atoms with Crippen LogP contribution >= 0.6 is 11.3 Å². The van der Waals surface area contributed by atoms with Crippen molar-refractivity contribution >= 4 is 29.3 Å². The van der Waals surface area contributed by atoms with Gasteiger partial charge in [-0.15, -0.1) is 11.3 Å². The first-order valence-electron chi connectivity index (χ1n) is 6.94. The predicted molar refractivity (Wildman–Crippen MR) is 77.8 cm³/mol. The van der Waals surface area contributed by atoms with Crippen LogP contribution in [0.2, 0.25) is 0 Å². The van der Waals surface area contributed by atoms with Crippen LogP contribution in [0.25, 0.3) is 6.08 Å². The molecular formula is C15H17NO3S. The van der Waals surface area contributed by atoms with Crippen LogP contribution in [0.3, 0.4) is 0 Å². The lowest BCUT2D eigenvalue weighted by molar-refractivity contribution is -0.131. The SMILES string of the molecule is O=C(O)C=Cc1ccsc1C(=O)N(CC1CC1)C1CC1. The molecule has 2 fully saturated rings. The molecular weight excluding hydrogens is 274 g/mol. The molecule has 1 heterocycles. The van der Waals surface area contributed by atoms with Crippen LogP contribution in [0.1, 0.15) is 40.9 Å². The van der Waals surface area contributed by atoms with Gasteiger partial charge in [-0.1, -0.05) is 0 Å². The third-order valence-electron chi connectivity index (χ3n) is 3.70. The van der Waals surface area contributed by atoms with Gasteiger partial charge in [-0.25, -0.2) is 4.79 Å². The van der Waals surface area contributed by atoms with Crippen molar-refractivity contribution in [1.82, 2.24) is 4.90 Å². The van der Waals surface area contributed by atoms with Crippen molar-refractivity contribution in [3.63, 3.8) is 0 Å². The number of hydrogen-bond acceptors (Lipinski definition) is 3. The molecule has 4 nitrogen and oxygen atoms in total. The van der Waals surface area contributed by atoms with Gasteiger partial charge in [0, 0.05) is 18.7 Å². The molecule has 1 aromatic rings. The zero-order chi connectivity index (χ0) is 14.1. The molecule has 2 aliphatic rings. The molecule has 0 aromatic carbocycles. The monoisotopic (exact) mass is 291 g/mol. The Morgan fingerprint density at radius 1 is 1.35 bits per heavy atom. The van der Waals surface area contributed by atoms with Crippen molar-refractivity contribution in [2.75, 3.05) is 6.54 Å². The molecule has 0 bridgehead atoms. The van der Waals surface area contributed by atoms with Crippen molar-refractivity contribution < 1.29 is 14.7 Å². The van der Waals surface area contributed by atoms with Gasteiger partial charge in [0.25, 0.3) is 5.91 Å². The Hall–Kier alpha value is -1.62. The van der Waals surface area contributed by atoms with E-state index in [0.717, 1.165) is 25.5 Å². The van der Waals surface area contributed by atoms with Crippen molar-refractivity contribution in [2.24, 2.45) is 5.92 Å². The molecule has 0 spiro atoms. The van der Waals surface area contributed by atoms with E-state index in [4.69, 9.17) is 5.11 Å². The van der Waals surface area contributed by atoms with Crippen molar-refractivity contribution in [3.05, 3.63) is 28.0 Å². The maximum absolute atomic E-state index is 12.7. The first-order chi connectivity index (χ1) is 9.65. The van der Waals surface area contributed by atoms with E-state index in [0.29, 0.717) is 22.4 Å². The van der Waals surface area contributed by atoms with Crippen molar-refractivity contribution in [3.8, 4) is 0 Å². The van der Waals surface area contributed by atoms with E-state index in [9.17, 15) is 9.59 Å². The number of nitrogens with zero attached hydrogens (tertiary/aromatic N) is 1. The van der Waals surface area contributed by atoms with E-state index in [1.807, 2.05) is 10.3 Å². The Bertz CT molecular complexity index is 555. The molecule has 2 saturated carbocycles. The molecule has 1 N–H and O–H groups in total. The van der Waals surface area contributed by atoms with Gasteiger partial charge in [-0.3, -0.25) is 4.79 Å². The lowest BCUT2D eigenvalue weighted by Gasteiger charge is -2.22. The summed E-state index contributed by atoms with van der Waals surface area (Å²) < 4.78 is 0. The number of carboxylic acids is 1. The Morgan fingerprint density at radius 2 is 2.10 bits per heavy atom. The van der Waals surface area contributed by atoms with Crippen LogP contribution in [0, 0.1) is 5.92 Å². The van der Waals surface area contributed by atoms with Crippen LogP contribution < -0.4 is 0 Å². The lowest BCUT2D eigenvalue weighted by Crippen LogP contribution is -2.34. The van der Waals surface area contributed by atoms with E-state index < -0.39 is 5.97 Å². The van der Waals surface area contributed by atoms with Crippen molar-refractivity contribution in [1.29, 1.82) is 0 Å². The maximum atomic E-state index is 12.7. The van der Waals surface area contributed by atoms with Crippen LogP contribution in [0.15, 0.2) is 17.5 Å². The largest absolute Gasteiger partial charge is 0.478 e. The van der Waals surface area contributed by atoms with Gasteiger partial charge in [0.05, 0.1) is 4.88 Å². The average Bonchev–Trinajstić information content (AvgIpc) is 3.31. The summed E-state index contributed by atoms with van der Waals surface area (Å²) in [5.41, 5.74) is 0.712. The summed E-state index contributed by atoms with van der Waals surface area (Å²) >= 11 is 1.39. The average molecular weight is 291 g/mol. The molecule has 5 heteroatoms. The molecule has 2 aliphatic carbocycles. The second-order valence-electron chi connectivity index (χ2n) is 5.51. The molecule has 0 saturated heterocycles. The quantitative estimate of drug-likeness (QED) is 0.820. The normalized spacial score (nSPS) is 18.4.